The summed E-state index contributed by atoms with van der Waals surface area (Å²) in [5.74, 6) is 1.71. The summed E-state index contributed by atoms with van der Waals surface area (Å²) in [4.78, 5) is 68.9. The van der Waals surface area contributed by atoms with Gasteiger partial charge in [0.2, 0.25) is 5.91 Å². The molecule has 2 unspecified atom stereocenters. The third-order valence-corrected chi connectivity index (χ3v) is 11.4. The molecule has 3 aromatic carbocycles. The van der Waals surface area contributed by atoms with Crippen LogP contribution in [0.5, 0.6) is 11.5 Å². The summed E-state index contributed by atoms with van der Waals surface area (Å²) in [5, 5.41) is 8.10. The number of carbonyl (C=O) groups is 4. The highest BCUT2D eigenvalue weighted by atomic mass is 16.6. The molecule has 68 heavy (non-hydrogen) atoms. The quantitative estimate of drug-likeness (QED) is 0.0317. The maximum atomic E-state index is 13.9. The summed E-state index contributed by atoms with van der Waals surface area (Å²) in [6.45, 7) is 9.70. The van der Waals surface area contributed by atoms with Gasteiger partial charge in [0.15, 0.2) is 11.5 Å². The van der Waals surface area contributed by atoms with E-state index in [1.807, 2.05) is 42.5 Å². The van der Waals surface area contributed by atoms with Crippen LogP contribution in [0, 0.1) is 0 Å². The van der Waals surface area contributed by atoms with Crippen molar-refractivity contribution in [3.05, 3.63) is 121 Å². The number of alkyl carbamates (subject to hydrolysis) is 2. The largest absolute Gasteiger partial charge is 0.487 e. The number of aromatic nitrogens is 4. The molecule has 3 heterocycles. The van der Waals surface area contributed by atoms with Gasteiger partial charge in [0.05, 0.1) is 57.3 Å². The van der Waals surface area contributed by atoms with E-state index in [-0.39, 0.29) is 25.0 Å². The van der Waals surface area contributed by atoms with Gasteiger partial charge in [-0.2, -0.15) is 0 Å². The highest BCUT2D eigenvalue weighted by Crippen LogP contribution is 2.45. The highest BCUT2D eigenvalue weighted by molar-refractivity contribution is 5.90. The average Bonchev–Trinajstić information content (AvgIpc) is 4.17. The Morgan fingerprint density at radius 3 is 2.10 bits per heavy atom. The molecule has 1 aliphatic heterocycles. The molecule has 3 atom stereocenters. The van der Waals surface area contributed by atoms with Crippen molar-refractivity contribution in [1.82, 2.24) is 40.8 Å². The minimum Gasteiger partial charge on any atom is -0.487 e. The minimum absolute atomic E-state index is 0.236. The number of H-pyrrole nitrogens is 2. The fraction of sp³-hybridized carbons (Fsp3) is 0.360. The first-order valence-corrected chi connectivity index (χ1v) is 22.3. The SMILES string of the molecule is C=CC(=C)[C@@H](NC(=O)OC)C(=O)N1CCCC1c1ncc(-c2ccc(-c3ccc(-c4cnc(CCCCNC(=O)C(NC(=O)OC)c5ccccc5)[nH]4)cc3)c(OCCOC)c2OCCOC)[nH]1. The topological polar surface area (TPSA) is 220 Å². The number of nitrogens with zero attached hydrogens (tertiary/aromatic N) is 3. The lowest BCUT2D eigenvalue weighted by Gasteiger charge is -2.28. The van der Waals surface area contributed by atoms with Gasteiger partial charge in [-0.05, 0) is 60.1 Å². The summed E-state index contributed by atoms with van der Waals surface area (Å²) < 4.78 is 33.1. The van der Waals surface area contributed by atoms with E-state index in [1.54, 1.807) is 55.8 Å². The molecule has 360 valence electrons. The van der Waals surface area contributed by atoms with Gasteiger partial charge in [-0.1, -0.05) is 73.8 Å². The van der Waals surface area contributed by atoms with Gasteiger partial charge in [-0.15, -0.1) is 0 Å². The third kappa shape index (κ3) is 12.7. The van der Waals surface area contributed by atoms with Crippen LogP contribution in [0.25, 0.3) is 33.6 Å². The molecule has 0 saturated carbocycles. The molecule has 1 saturated heterocycles. The first-order valence-electron chi connectivity index (χ1n) is 22.3. The van der Waals surface area contributed by atoms with Crippen molar-refractivity contribution in [1.29, 1.82) is 0 Å². The van der Waals surface area contributed by atoms with E-state index in [9.17, 15) is 19.2 Å². The molecular formula is C50H60N8O10. The van der Waals surface area contributed by atoms with Crippen molar-refractivity contribution in [3.63, 3.8) is 0 Å². The number of methoxy groups -OCH3 is 4. The standard InChI is InChI=1S/C50H60N8O10/c1-7-32(2)42(56-49(61)65-5)48(60)58-25-13-16-40(58)46-53-31-39(55-46)37-23-22-36(44(67-28-26-63-3)45(37)68-29-27-64-4)33-18-20-34(21-19-33)38-30-52-41(54-38)17-11-12-24-51-47(59)43(57-50(62)66-6)35-14-9-8-10-15-35/h7-10,14-15,18-23,30-31,40,42-43H,1-2,11-13,16-17,24-29H2,3-6H3,(H,51,59)(H,52,54)(H,53,55)(H,56,61)(H,57,62)/t40?,42-,43?/m1/s1. The third-order valence-electron chi connectivity index (χ3n) is 11.4. The van der Waals surface area contributed by atoms with Crippen LogP contribution in [0.2, 0.25) is 0 Å². The number of hydrogen-bond acceptors (Lipinski definition) is 12. The Hall–Kier alpha value is -7.44. The molecular weight excluding hydrogens is 873 g/mol. The zero-order valence-corrected chi connectivity index (χ0v) is 38.9. The van der Waals surface area contributed by atoms with E-state index in [4.69, 9.17) is 33.4 Å². The summed E-state index contributed by atoms with van der Waals surface area (Å²) in [6, 6.07) is 18.6. The number of nitrogens with one attached hydrogen (secondary N) is 5. The molecule has 0 radical (unpaired) electrons. The lowest BCUT2D eigenvalue weighted by Crippen LogP contribution is -2.49. The molecule has 0 spiro atoms. The van der Waals surface area contributed by atoms with Gasteiger partial charge in [-0.3, -0.25) is 9.59 Å². The summed E-state index contributed by atoms with van der Waals surface area (Å²) in [6.07, 6.45) is 7.04. The zero-order chi connectivity index (χ0) is 48.4. The number of rotatable bonds is 24. The van der Waals surface area contributed by atoms with Crippen LogP contribution in [0.15, 0.2) is 104 Å². The molecule has 1 fully saturated rings. The first kappa shape index (κ1) is 50.0. The maximum Gasteiger partial charge on any atom is 0.407 e. The van der Waals surface area contributed by atoms with Crippen molar-refractivity contribution < 1.29 is 47.6 Å². The van der Waals surface area contributed by atoms with Crippen molar-refractivity contribution in [3.8, 4) is 45.1 Å². The Morgan fingerprint density at radius 2 is 1.43 bits per heavy atom. The van der Waals surface area contributed by atoms with Crippen LogP contribution >= 0.6 is 0 Å². The van der Waals surface area contributed by atoms with Gasteiger partial charge in [0.1, 0.15) is 36.9 Å². The number of benzene rings is 3. The lowest BCUT2D eigenvalue weighted by molar-refractivity contribution is -0.133. The Bertz CT molecular complexity index is 2490. The summed E-state index contributed by atoms with van der Waals surface area (Å²) in [7, 11) is 5.70. The first-order chi connectivity index (χ1) is 33.1. The van der Waals surface area contributed by atoms with E-state index < -0.39 is 30.3 Å². The smallest absolute Gasteiger partial charge is 0.407 e. The van der Waals surface area contributed by atoms with Crippen LogP contribution in [0.3, 0.4) is 0 Å². The van der Waals surface area contributed by atoms with Crippen molar-refractivity contribution in [2.45, 2.75) is 50.2 Å². The second kappa shape index (κ2) is 24.9. The number of aryl methyl sites for hydroxylation is 1. The predicted octanol–water partition coefficient (Wildman–Crippen LogP) is 6.85. The number of hydrogen-bond donors (Lipinski definition) is 5. The van der Waals surface area contributed by atoms with Crippen molar-refractivity contribution in [2.75, 3.05) is 68.0 Å². The molecule has 0 bridgehead atoms. The van der Waals surface area contributed by atoms with Gasteiger partial charge in [0, 0.05) is 44.9 Å². The van der Waals surface area contributed by atoms with E-state index in [0.717, 1.165) is 41.1 Å². The van der Waals surface area contributed by atoms with E-state index >= 15 is 0 Å². The van der Waals surface area contributed by atoms with Gasteiger partial charge in [-0.25, -0.2) is 19.6 Å². The fourth-order valence-electron chi connectivity index (χ4n) is 7.79. The van der Waals surface area contributed by atoms with E-state index in [1.165, 1.54) is 20.3 Å². The number of likely N-dealkylation sites (tertiary alicyclic amines) is 1. The Labute approximate surface area is 395 Å². The number of unbranched alkanes of at least 4 members (excludes halogenated alkanes) is 1. The normalized spacial score (nSPS) is 14.1. The second-order valence-electron chi connectivity index (χ2n) is 15.8. The molecule has 5 N–H and O–H groups in total. The van der Waals surface area contributed by atoms with Gasteiger partial charge < -0.3 is 59.2 Å². The number of imidazole rings is 2. The summed E-state index contributed by atoms with van der Waals surface area (Å²) >= 11 is 0. The molecule has 0 aliphatic carbocycles. The predicted molar refractivity (Wildman–Crippen MR) is 255 cm³/mol. The zero-order valence-electron chi connectivity index (χ0n) is 38.9. The minimum atomic E-state index is -1.05. The molecule has 2 aromatic heterocycles. The summed E-state index contributed by atoms with van der Waals surface area (Å²) in [5.41, 5.74) is 5.79. The Balaban J connectivity index is 1.17. The fourth-order valence-corrected chi connectivity index (χ4v) is 7.79. The van der Waals surface area contributed by atoms with Crippen molar-refractivity contribution >= 4 is 24.0 Å². The Kier molecular flexibility index (Phi) is 18.3. The molecule has 4 amide bonds. The Morgan fingerprint density at radius 1 is 0.779 bits per heavy atom. The van der Waals surface area contributed by atoms with Crippen LogP contribution < -0.4 is 25.4 Å². The number of ether oxygens (including phenoxy) is 6. The van der Waals surface area contributed by atoms with Crippen LogP contribution in [0.1, 0.15) is 55.0 Å². The number of aromatic amines is 2. The molecule has 1 aliphatic rings. The van der Waals surface area contributed by atoms with Gasteiger partial charge >= 0.3 is 12.2 Å². The number of carbonyl (C=O) groups excluding carboxylic acids is 4. The van der Waals surface area contributed by atoms with E-state index in [2.05, 4.69) is 44.1 Å². The lowest BCUT2D eigenvalue weighted by atomic mass is 9.98. The van der Waals surface area contributed by atoms with Crippen LogP contribution in [-0.4, -0.2) is 123 Å². The van der Waals surface area contributed by atoms with Crippen LogP contribution in [0.4, 0.5) is 9.59 Å². The van der Waals surface area contributed by atoms with Gasteiger partial charge in [0.25, 0.3) is 5.91 Å². The molecule has 5 aromatic rings. The molecule has 18 heteroatoms. The highest BCUT2D eigenvalue weighted by Gasteiger charge is 2.37. The average molecular weight is 933 g/mol. The maximum absolute atomic E-state index is 13.9. The van der Waals surface area contributed by atoms with Crippen molar-refractivity contribution in [2.24, 2.45) is 0 Å². The molecule has 6 rings (SSSR count). The molecule has 18 nitrogen and oxygen atoms in total. The van der Waals surface area contributed by atoms with Crippen LogP contribution in [-0.2, 0) is 35.0 Å². The van der Waals surface area contributed by atoms with E-state index in [0.29, 0.717) is 85.3 Å². The number of amides is 4. The second-order valence-corrected chi connectivity index (χ2v) is 15.8. The monoisotopic (exact) mass is 932 g/mol.